The Hall–Kier alpha value is -1.96. The Labute approximate surface area is 119 Å². The summed E-state index contributed by atoms with van der Waals surface area (Å²) in [5.41, 5.74) is 0.458. The number of hydrogen-bond donors (Lipinski definition) is 2. The monoisotopic (exact) mass is 297 g/mol. The van der Waals surface area contributed by atoms with E-state index in [2.05, 4.69) is 9.69 Å². The first kappa shape index (κ1) is 14.4. The lowest BCUT2D eigenvalue weighted by atomic mass is 9.98. The van der Waals surface area contributed by atoms with E-state index in [4.69, 9.17) is 0 Å². The third-order valence-electron chi connectivity index (χ3n) is 3.31. The van der Waals surface area contributed by atoms with E-state index < -0.39 is 5.97 Å². The summed E-state index contributed by atoms with van der Waals surface area (Å²) >= 11 is 0.992. The van der Waals surface area contributed by atoms with E-state index in [0.29, 0.717) is 30.1 Å². The SMILES string of the molecule is Cc1nsc(N(C)C(=O)C2CCC(=O)NC2)c1C(=O)O. The molecule has 7 nitrogen and oxygen atoms in total. The van der Waals surface area contributed by atoms with Gasteiger partial charge in [-0.2, -0.15) is 4.37 Å². The van der Waals surface area contributed by atoms with Crippen molar-refractivity contribution in [2.24, 2.45) is 5.92 Å². The highest BCUT2D eigenvalue weighted by molar-refractivity contribution is 7.11. The standard InChI is InChI=1S/C12H15N3O4S/c1-6-9(12(18)19)11(20-14-6)15(2)10(17)7-3-4-8(16)13-5-7/h7H,3-5H2,1-2H3,(H,13,16)(H,18,19). The zero-order chi connectivity index (χ0) is 14.9. The van der Waals surface area contributed by atoms with Gasteiger partial charge in [0.15, 0.2) is 0 Å². The molecule has 2 N–H and O–H groups in total. The average molecular weight is 297 g/mol. The van der Waals surface area contributed by atoms with Gasteiger partial charge in [0, 0.05) is 20.0 Å². The van der Waals surface area contributed by atoms with Gasteiger partial charge >= 0.3 is 5.97 Å². The molecule has 108 valence electrons. The van der Waals surface area contributed by atoms with Crippen LogP contribution in [0.3, 0.4) is 0 Å². The number of aryl methyl sites for hydroxylation is 1. The maximum absolute atomic E-state index is 12.3. The second-order valence-electron chi connectivity index (χ2n) is 4.69. The largest absolute Gasteiger partial charge is 0.478 e. The Morgan fingerprint density at radius 1 is 1.50 bits per heavy atom. The Morgan fingerprint density at radius 3 is 2.75 bits per heavy atom. The summed E-state index contributed by atoms with van der Waals surface area (Å²) in [5, 5.41) is 12.2. The fourth-order valence-corrected chi connectivity index (χ4v) is 3.00. The molecular weight excluding hydrogens is 282 g/mol. The number of anilines is 1. The molecule has 0 saturated carbocycles. The fourth-order valence-electron chi connectivity index (χ4n) is 2.15. The number of rotatable bonds is 3. The number of hydrogen-bond acceptors (Lipinski definition) is 5. The van der Waals surface area contributed by atoms with Crippen LogP contribution in [0.1, 0.15) is 28.9 Å². The van der Waals surface area contributed by atoms with Crippen molar-refractivity contribution in [3.63, 3.8) is 0 Å². The first-order chi connectivity index (χ1) is 9.41. The van der Waals surface area contributed by atoms with E-state index in [1.54, 1.807) is 6.92 Å². The van der Waals surface area contributed by atoms with Crippen molar-refractivity contribution in [1.82, 2.24) is 9.69 Å². The quantitative estimate of drug-likeness (QED) is 0.853. The molecule has 2 rings (SSSR count). The smallest absolute Gasteiger partial charge is 0.340 e. The predicted molar refractivity (Wildman–Crippen MR) is 73.0 cm³/mol. The Morgan fingerprint density at radius 2 is 2.20 bits per heavy atom. The number of aromatic nitrogens is 1. The molecule has 2 amide bonds. The minimum Gasteiger partial charge on any atom is -0.478 e. The summed E-state index contributed by atoms with van der Waals surface area (Å²) in [6, 6.07) is 0. The van der Waals surface area contributed by atoms with E-state index >= 15 is 0 Å². The van der Waals surface area contributed by atoms with Crippen molar-refractivity contribution in [3.05, 3.63) is 11.3 Å². The van der Waals surface area contributed by atoms with Crippen LogP contribution in [0, 0.1) is 12.8 Å². The van der Waals surface area contributed by atoms with Crippen molar-refractivity contribution in [1.29, 1.82) is 0 Å². The van der Waals surface area contributed by atoms with Gasteiger partial charge in [0.2, 0.25) is 11.8 Å². The molecule has 0 radical (unpaired) electrons. The molecule has 1 atom stereocenters. The Balaban J connectivity index is 2.19. The minimum atomic E-state index is -1.09. The van der Waals surface area contributed by atoms with E-state index in [-0.39, 0.29) is 23.3 Å². The van der Waals surface area contributed by atoms with Gasteiger partial charge in [-0.15, -0.1) is 0 Å². The first-order valence-electron chi connectivity index (χ1n) is 6.15. The molecule has 8 heteroatoms. The number of nitrogens with zero attached hydrogens (tertiary/aromatic N) is 2. The number of amides is 2. The molecule has 0 spiro atoms. The van der Waals surface area contributed by atoms with E-state index in [0.717, 1.165) is 11.5 Å². The molecule has 0 bridgehead atoms. The van der Waals surface area contributed by atoms with Crippen LogP contribution in [0.2, 0.25) is 0 Å². The molecule has 0 aliphatic carbocycles. The summed E-state index contributed by atoms with van der Waals surface area (Å²) in [6.45, 7) is 1.89. The van der Waals surface area contributed by atoms with Crippen LogP contribution in [0.4, 0.5) is 5.00 Å². The van der Waals surface area contributed by atoms with Crippen LogP contribution in [-0.2, 0) is 9.59 Å². The van der Waals surface area contributed by atoms with Gasteiger partial charge in [-0.05, 0) is 24.9 Å². The Bertz CT molecular complexity index is 559. The molecular formula is C12H15N3O4S. The van der Waals surface area contributed by atoms with E-state index in [1.165, 1.54) is 11.9 Å². The predicted octanol–water partition coefficient (Wildman–Crippen LogP) is 0.639. The highest BCUT2D eigenvalue weighted by Gasteiger charge is 2.30. The lowest BCUT2D eigenvalue weighted by molar-refractivity contribution is -0.127. The van der Waals surface area contributed by atoms with Crippen molar-refractivity contribution in [2.75, 3.05) is 18.5 Å². The summed E-state index contributed by atoms with van der Waals surface area (Å²) in [6.07, 6.45) is 0.799. The van der Waals surface area contributed by atoms with Crippen molar-refractivity contribution >= 4 is 34.3 Å². The lowest BCUT2D eigenvalue weighted by Crippen LogP contribution is -2.43. The maximum atomic E-state index is 12.3. The number of carbonyl (C=O) groups excluding carboxylic acids is 2. The van der Waals surface area contributed by atoms with Crippen molar-refractivity contribution in [2.45, 2.75) is 19.8 Å². The molecule has 1 aliphatic rings. The number of carbonyl (C=O) groups is 3. The highest BCUT2D eigenvalue weighted by atomic mass is 32.1. The second kappa shape index (κ2) is 5.58. The zero-order valence-corrected chi connectivity index (χ0v) is 12.0. The number of aromatic carboxylic acids is 1. The van der Waals surface area contributed by atoms with Gasteiger partial charge in [-0.3, -0.25) is 9.59 Å². The normalized spacial score (nSPS) is 18.5. The van der Waals surface area contributed by atoms with Crippen molar-refractivity contribution < 1.29 is 19.5 Å². The summed E-state index contributed by atoms with van der Waals surface area (Å²) in [5.74, 6) is -1.67. The van der Waals surface area contributed by atoms with Gasteiger partial charge in [0.1, 0.15) is 10.6 Å². The molecule has 20 heavy (non-hydrogen) atoms. The molecule has 1 unspecified atom stereocenters. The highest BCUT2D eigenvalue weighted by Crippen LogP contribution is 2.29. The molecule has 0 aromatic carbocycles. The zero-order valence-electron chi connectivity index (χ0n) is 11.2. The number of piperidine rings is 1. The van der Waals surface area contributed by atoms with Crippen LogP contribution < -0.4 is 10.2 Å². The van der Waals surface area contributed by atoms with Crippen LogP contribution in [-0.4, -0.2) is 40.9 Å². The van der Waals surface area contributed by atoms with Crippen molar-refractivity contribution in [3.8, 4) is 0 Å². The van der Waals surface area contributed by atoms with Crippen LogP contribution in [0.15, 0.2) is 0 Å². The topological polar surface area (TPSA) is 99.6 Å². The first-order valence-corrected chi connectivity index (χ1v) is 6.93. The van der Waals surface area contributed by atoms with Gasteiger partial charge in [0.25, 0.3) is 0 Å². The molecule has 1 aliphatic heterocycles. The molecule has 2 heterocycles. The van der Waals surface area contributed by atoms with E-state index in [1.807, 2.05) is 0 Å². The number of nitrogens with one attached hydrogen (secondary N) is 1. The van der Waals surface area contributed by atoms with Gasteiger partial charge in [-0.25, -0.2) is 4.79 Å². The average Bonchev–Trinajstić information content (AvgIpc) is 2.80. The molecule has 1 saturated heterocycles. The van der Waals surface area contributed by atoms with Gasteiger partial charge < -0.3 is 15.3 Å². The van der Waals surface area contributed by atoms with Crippen LogP contribution in [0.25, 0.3) is 0 Å². The molecule has 1 aromatic rings. The third kappa shape index (κ3) is 2.64. The number of carboxylic acid groups (broad SMARTS) is 1. The molecule has 1 aromatic heterocycles. The summed E-state index contributed by atoms with van der Waals surface area (Å²) in [7, 11) is 1.54. The second-order valence-corrected chi connectivity index (χ2v) is 5.44. The molecule has 1 fully saturated rings. The lowest BCUT2D eigenvalue weighted by Gasteiger charge is -2.26. The van der Waals surface area contributed by atoms with Crippen LogP contribution in [0.5, 0.6) is 0 Å². The minimum absolute atomic E-state index is 0.0587. The van der Waals surface area contributed by atoms with E-state index in [9.17, 15) is 19.5 Å². The fraction of sp³-hybridized carbons (Fsp3) is 0.500. The van der Waals surface area contributed by atoms with Gasteiger partial charge in [0.05, 0.1) is 11.6 Å². The third-order valence-corrected chi connectivity index (χ3v) is 4.32. The summed E-state index contributed by atoms with van der Waals surface area (Å²) < 4.78 is 4.00. The summed E-state index contributed by atoms with van der Waals surface area (Å²) in [4.78, 5) is 36.0. The van der Waals surface area contributed by atoms with Gasteiger partial charge in [-0.1, -0.05) is 0 Å². The maximum Gasteiger partial charge on any atom is 0.340 e. The number of carboxylic acids is 1. The Kier molecular flexibility index (Phi) is 4.03. The van der Waals surface area contributed by atoms with Crippen LogP contribution >= 0.6 is 11.5 Å².